The van der Waals surface area contributed by atoms with Gasteiger partial charge in [-0.15, -0.1) is 18.3 Å². The van der Waals surface area contributed by atoms with E-state index in [9.17, 15) is 31.0 Å². The lowest BCUT2D eigenvalue weighted by atomic mass is 10.3. The van der Waals surface area contributed by atoms with E-state index in [0.717, 1.165) is 43.6 Å². The molecule has 0 saturated heterocycles. The van der Waals surface area contributed by atoms with Crippen LogP contribution in [0.4, 0.5) is 18.9 Å². The van der Waals surface area contributed by atoms with Crippen molar-refractivity contribution >= 4 is 23.3 Å². The maximum Gasteiger partial charge on any atom is 0.573 e. The number of aromatic nitrogens is 3. The second-order valence-corrected chi connectivity index (χ2v) is 9.18. The number of rotatable bonds is 7. The summed E-state index contributed by atoms with van der Waals surface area (Å²) in [7, 11) is -7.75. The molecule has 2 heterocycles. The number of nitrogens with zero attached hydrogens (tertiary/aromatic N) is 3. The van der Waals surface area contributed by atoms with E-state index in [-0.39, 0.29) is 27.1 Å². The average Bonchev–Trinajstić information content (AvgIpc) is 3.14. The highest BCUT2D eigenvalue weighted by molar-refractivity contribution is 7.91. The topological polar surface area (TPSA) is 177 Å². The zero-order chi connectivity index (χ0) is 23.7. The Morgan fingerprint density at radius 1 is 1.16 bits per heavy atom. The van der Waals surface area contributed by atoms with E-state index in [1.165, 1.54) is 0 Å². The van der Waals surface area contributed by atoms with Gasteiger partial charge in [-0.2, -0.15) is 0 Å². The maximum absolute atomic E-state index is 12.7. The third-order valence-corrected chi connectivity index (χ3v) is 6.19. The van der Waals surface area contributed by atoms with Crippen LogP contribution >= 0.6 is 7.82 Å². The Morgan fingerprint density at radius 3 is 2.38 bits per heavy atom. The molecule has 0 amide bonds. The standard InChI is InChI=1S/C15H12F3N4O8PS/c1-27-31(23,24)30-14-22-21-13(28-14)12-11(19)6-10(7-20-12)32(25,26)9-4-2-8(3-5-9)29-15(16,17)18/h2-7H,19H2,1H3,(H,23,24). The molecule has 2 aromatic heterocycles. The molecule has 0 aliphatic carbocycles. The van der Waals surface area contributed by atoms with Crippen molar-refractivity contribution in [2.75, 3.05) is 12.8 Å². The Morgan fingerprint density at radius 2 is 1.81 bits per heavy atom. The number of nitrogens with two attached hydrogens (primary N) is 1. The van der Waals surface area contributed by atoms with Gasteiger partial charge in [0.15, 0.2) is 5.69 Å². The molecule has 0 bridgehead atoms. The van der Waals surface area contributed by atoms with Gasteiger partial charge in [0.1, 0.15) is 5.75 Å². The highest BCUT2D eigenvalue weighted by atomic mass is 32.2. The third-order valence-electron chi connectivity index (χ3n) is 3.60. The van der Waals surface area contributed by atoms with Gasteiger partial charge in [-0.05, 0) is 30.3 Å². The molecule has 12 nitrogen and oxygen atoms in total. The van der Waals surface area contributed by atoms with Gasteiger partial charge in [0.25, 0.3) is 5.89 Å². The molecule has 1 unspecified atom stereocenters. The molecular formula is C15H12F3N4O8PS. The number of phosphoric ester groups is 1. The van der Waals surface area contributed by atoms with Gasteiger partial charge in [0.2, 0.25) is 9.84 Å². The molecule has 17 heteroatoms. The fourth-order valence-electron chi connectivity index (χ4n) is 2.22. The molecule has 0 spiro atoms. The molecule has 32 heavy (non-hydrogen) atoms. The van der Waals surface area contributed by atoms with Gasteiger partial charge >= 0.3 is 20.3 Å². The fraction of sp³-hybridized carbons (Fsp3) is 0.133. The van der Waals surface area contributed by atoms with E-state index in [1.54, 1.807) is 0 Å². The summed E-state index contributed by atoms with van der Waals surface area (Å²) in [6, 6.07) is 4.53. The van der Waals surface area contributed by atoms with Gasteiger partial charge < -0.3 is 19.4 Å². The number of ether oxygens (including phenoxy) is 1. The summed E-state index contributed by atoms with van der Waals surface area (Å²) in [4.78, 5) is 12.4. The number of halogens is 3. The maximum atomic E-state index is 12.7. The second kappa shape index (κ2) is 8.38. The highest BCUT2D eigenvalue weighted by Crippen LogP contribution is 2.42. The lowest BCUT2D eigenvalue weighted by Crippen LogP contribution is -2.17. The van der Waals surface area contributed by atoms with Crippen LogP contribution < -0.4 is 15.0 Å². The molecule has 0 aliphatic heterocycles. The van der Waals surface area contributed by atoms with E-state index >= 15 is 0 Å². The van der Waals surface area contributed by atoms with Crippen LogP contribution in [-0.4, -0.2) is 42.0 Å². The van der Waals surface area contributed by atoms with Gasteiger partial charge in [-0.3, -0.25) is 9.42 Å². The van der Waals surface area contributed by atoms with Crippen LogP contribution in [-0.2, 0) is 18.9 Å². The van der Waals surface area contributed by atoms with Crippen LogP contribution in [0, 0.1) is 0 Å². The van der Waals surface area contributed by atoms with Gasteiger partial charge in [-0.1, -0.05) is 5.10 Å². The Labute approximate surface area is 177 Å². The number of benzene rings is 1. The summed E-state index contributed by atoms with van der Waals surface area (Å²) in [6.07, 6.45) is -4.75. The van der Waals surface area contributed by atoms with Crippen molar-refractivity contribution in [3.63, 3.8) is 0 Å². The molecule has 0 saturated carbocycles. The number of nitrogen functional groups attached to an aromatic ring is 1. The zero-order valence-corrected chi connectivity index (χ0v) is 17.4. The van der Waals surface area contributed by atoms with Crippen molar-refractivity contribution in [1.29, 1.82) is 0 Å². The van der Waals surface area contributed by atoms with Crippen molar-refractivity contribution in [2.45, 2.75) is 16.2 Å². The minimum absolute atomic E-state index is 0.162. The van der Waals surface area contributed by atoms with Crippen molar-refractivity contribution in [1.82, 2.24) is 15.2 Å². The number of hydrogen-bond donors (Lipinski definition) is 2. The van der Waals surface area contributed by atoms with Gasteiger partial charge in [-0.25, -0.2) is 18.0 Å². The second-order valence-electron chi connectivity index (χ2n) is 5.75. The van der Waals surface area contributed by atoms with Gasteiger partial charge in [0.05, 0.1) is 15.5 Å². The normalized spacial score (nSPS) is 14.0. The summed E-state index contributed by atoms with van der Waals surface area (Å²) in [6.45, 7) is 0. The van der Waals surface area contributed by atoms with E-state index < -0.39 is 35.8 Å². The first-order valence-electron chi connectivity index (χ1n) is 8.09. The smallest absolute Gasteiger partial charge is 0.406 e. The van der Waals surface area contributed by atoms with Crippen LogP contribution in [0.25, 0.3) is 11.6 Å². The summed E-state index contributed by atoms with van der Waals surface area (Å²) in [5.74, 6) is -0.953. The van der Waals surface area contributed by atoms with Crippen molar-refractivity contribution in [3.05, 3.63) is 36.5 Å². The first-order valence-corrected chi connectivity index (χ1v) is 11.1. The number of anilines is 1. The third kappa shape index (κ3) is 5.34. The fourth-order valence-corrected chi connectivity index (χ4v) is 3.81. The quantitative estimate of drug-likeness (QED) is 0.458. The molecule has 3 N–H and O–H groups in total. The molecule has 0 aliphatic rings. The molecule has 1 aromatic carbocycles. The predicted molar refractivity (Wildman–Crippen MR) is 98.0 cm³/mol. The first kappa shape index (κ1) is 23.5. The van der Waals surface area contributed by atoms with Crippen molar-refractivity contribution < 1.29 is 49.2 Å². The van der Waals surface area contributed by atoms with Crippen LogP contribution in [0.5, 0.6) is 11.8 Å². The van der Waals surface area contributed by atoms with Gasteiger partial charge in [0, 0.05) is 13.3 Å². The minimum atomic E-state index is -4.92. The average molecular weight is 496 g/mol. The predicted octanol–water partition coefficient (Wildman–Crippen LogP) is 2.57. The van der Waals surface area contributed by atoms with E-state index in [0.29, 0.717) is 0 Å². The monoisotopic (exact) mass is 496 g/mol. The first-order chi connectivity index (χ1) is 14.8. The Hall–Kier alpha value is -3.20. The lowest BCUT2D eigenvalue weighted by molar-refractivity contribution is -0.274. The Bertz CT molecular complexity index is 1280. The number of hydrogen-bond acceptors (Lipinski definition) is 11. The number of pyridine rings is 1. The van der Waals surface area contributed by atoms with Crippen LogP contribution in [0.15, 0.2) is 50.7 Å². The van der Waals surface area contributed by atoms with E-state index in [2.05, 4.69) is 29.0 Å². The van der Waals surface area contributed by atoms with Crippen LogP contribution in [0.2, 0.25) is 0 Å². The molecule has 0 fully saturated rings. The summed E-state index contributed by atoms with van der Waals surface area (Å²) < 4.78 is 90.9. The molecule has 0 radical (unpaired) electrons. The van der Waals surface area contributed by atoms with E-state index in [1.807, 2.05) is 0 Å². The van der Waals surface area contributed by atoms with Crippen LogP contribution in [0.3, 0.4) is 0 Å². The number of alkyl halides is 3. The minimum Gasteiger partial charge on any atom is -0.406 e. The SMILES string of the molecule is COP(=O)(O)Oc1nnc(-c2ncc(S(=O)(=O)c3ccc(OC(F)(F)F)cc3)cc2N)o1. The largest absolute Gasteiger partial charge is 0.573 e. The Balaban J connectivity index is 1.86. The Kier molecular flexibility index (Phi) is 6.15. The number of phosphoric acid groups is 1. The van der Waals surface area contributed by atoms with Crippen LogP contribution in [0.1, 0.15) is 0 Å². The van der Waals surface area contributed by atoms with E-state index in [4.69, 9.17) is 10.2 Å². The lowest BCUT2D eigenvalue weighted by Gasteiger charge is -2.10. The summed E-state index contributed by atoms with van der Waals surface area (Å²) >= 11 is 0. The summed E-state index contributed by atoms with van der Waals surface area (Å²) in [5.41, 5.74) is 5.43. The van der Waals surface area contributed by atoms with Crippen molar-refractivity contribution in [2.24, 2.45) is 0 Å². The number of sulfone groups is 1. The van der Waals surface area contributed by atoms with Crippen molar-refractivity contribution in [3.8, 4) is 23.4 Å². The molecule has 3 rings (SSSR count). The highest BCUT2D eigenvalue weighted by Gasteiger charge is 2.31. The summed E-state index contributed by atoms with van der Waals surface area (Å²) in [5, 5.41) is 6.89. The molecule has 1 atom stereocenters. The molecule has 172 valence electrons. The zero-order valence-electron chi connectivity index (χ0n) is 15.7. The molecular weight excluding hydrogens is 484 g/mol. The molecule has 3 aromatic rings.